The molecule has 5 rings (SSSR count). The molecule has 0 saturated carbocycles. The van der Waals surface area contributed by atoms with Gasteiger partial charge in [-0.05, 0) is 92.6 Å². The number of benzene rings is 2. The van der Waals surface area contributed by atoms with Crippen LogP contribution in [0.15, 0.2) is 81.9 Å². The van der Waals surface area contributed by atoms with E-state index in [1.54, 1.807) is 11.9 Å². The number of aliphatic imine (C=N–C) groups is 1. The van der Waals surface area contributed by atoms with Crippen molar-refractivity contribution < 1.29 is 4.74 Å². The molecule has 4 bridgehead atoms. The van der Waals surface area contributed by atoms with Gasteiger partial charge in [0.1, 0.15) is 23.8 Å². The standard InChI is InChI=1S/C31H33ClN6OS/c1-3-28(32)31-36-21(2)35-27-14-22(17-34-18-27)8-9-24-15-26(37-31)10-11-29(24)39-20-23-12-13-38(19-23)40-30-7-5-4-6-25(30)16-33/h3-7,10-11,14-15,17-18,21,23,35H,8-9,12-13,19-20H2,1-2H3,(H,36,37)/b28-3+. The molecule has 2 aromatic carbocycles. The summed E-state index contributed by atoms with van der Waals surface area (Å²) in [6.45, 7) is 6.42. The van der Waals surface area contributed by atoms with Crippen LogP contribution in [-0.4, -0.2) is 41.0 Å². The van der Waals surface area contributed by atoms with Crippen LogP contribution in [0.3, 0.4) is 0 Å². The summed E-state index contributed by atoms with van der Waals surface area (Å²) in [6.07, 6.45) is 8.07. The number of nitrogens with zero attached hydrogens (tertiary/aromatic N) is 4. The van der Waals surface area contributed by atoms with Crippen LogP contribution in [0.2, 0.25) is 0 Å². The second-order valence-corrected chi connectivity index (χ2v) is 11.6. The van der Waals surface area contributed by atoms with Crippen LogP contribution in [0.4, 0.5) is 11.4 Å². The number of halogens is 1. The lowest BCUT2D eigenvalue weighted by Gasteiger charge is -2.18. The SMILES string of the molecule is C/C=C(Cl)\C1=N/C(C)Nc2cncc(c2)CCc2cc(ccc2OCC2CCN(Sc3ccccc3C#N)C2)N1. The molecule has 3 aromatic rings. The highest BCUT2D eigenvalue weighted by Gasteiger charge is 2.25. The number of nitriles is 1. The summed E-state index contributed by atoms with van der Waals surface area (Å²) in [7, 11) is 0. The lowest BCUT2D eigenvalue weighted by molar-refractivity contribution is 0.254. The average molecular weight is 573 g/mol. The number of hydrogen-bond acceptors (Lipinski definition) is 8. The van der Waals surface area contributed by atoms with Gasteiger partial charge < -0.3 is 15.4 Å². The number of allylic oxidation sites excluding steroid dienone is 1. The van der Waals surface area contributed by atoms with Crippen molar-refractivity contribution in [3.63, 3.8) is 0 Å². The molecular formula is C31H33ClN6OS. The van der Waals surface area contributed by atoms with Gasteiger partial charge in [-0.1, -0.05) is 29.8 Å². The van der Waals surface area contributed by atoms with Crippen LogP contribution in [0.1, 0.15) is 37.0 Å². The summed E-state index contributed by atoms with van der Waals surface area (Å²) < 4.78 is 8.78. The molecule has 40 heavy (non-hydrogen) atoms. The molecule has 7 nitrogen and oxygen atoms in total. The Morgan fingerprint density at radius 2 is 2.08 bits per heavy atom. The zero-order valence-corrected chi connectivity index (χ0v) is 24.3. The molecule has 2 atom stereocenters. The topological polar surface area (TPSA) is 85.6 Å². The van der Waals surface area contributed by atoms with E-state index in [1.807, 2.05) is 68.7 Å². The summed E-state index contributed by atoms with van der Waals surface area (Å²) in [5, 5.41) is 16.8. The Balaban J connectivity index is 1.31. The fourth-order valence-electron chi connectivity index (χ4n) is 4.87. The van der Waals surface area contributed by atoms with E-state index in [9.17, 15) is 5.26 Å². The van der Waals surface area contributed by atoms with Crippen molar-refractivity contribution in [1.82, 2.24) is 9.29 Å². The highest BCUT2D eigenvalue weighted by atomic mass is 35.5. The van der Waals surface area contributed by atoms with Crippen molar-refractivity contribution in [2.24, 2.45) is 10.9 Å². The van der Waals surface area contributed by atoms with Crippen molar-refractivity contribution in [3.05, 3.63) is 88.7 Å². The third kappa shape index (κ3) is 7.16. The van der Waals surface area contributed by atoms with Crippen molar-refractivity contribution in [1.29, 1.82) is 5.26 Å². The van der Waals surface area contributed by atoms with Gasteiger partial charge in [-0.2, -0.15) is 5.26 Å². The van der Waals surface area contributed by atoms with Gasteiger partial charge in [0, 0.05) is 35.8 Å². The Bertz CT molecular complexity index is 1450. The number of pyridine rings is 1. The van der Waals surface area contributed by atoms with Crippen LogP contribution in [0, 0.1) is 17.2 Å². The number of fused-ring (bicyclic) bond motifs is 4. The summed E-state index contributed by atoms with van der Waals surface area (Å²) in [5.41, 5.74) is 4.83. The first kappa shape index (κ1) is 28.0. The normalized spacial score (nSPS) is 20.9. The minimum atomic E-state index is -0.200. The molecule has 2 N–H and O–H groups in total. The minimum Gasteiger partial charge on any atom is -0.493 e. The first-order valence-corrected chi connectivity index (χ1v) is 14.7. The van der Waals surface area contributed by atoms with Crippen molar-refractivity contribution in [2.75, 3.05) is 30.3 Å². The monoisotopic (exact) mass is 572 g/mol. The van der Waals surface area contributed by atoms with Crippen LogP contribution in [0.25, 0.3) is 0 Å². The maximum atomic E-state index is 9.42. The second-order valence-electron chi connectivity index (χ2n) is 10.0. The molecule has 3 heterocycles. The van der Waals surface area contributed by atoms with E-state index < -0.39 is 0 Å². The van der Waals surface area contributed by atoms with Crippen LogP contribution >= 0.6 is 23.5 Å². The number of nitrogens with one attached hydrogen (secondary N) is 2. The van der Waals surface area contributed by atoms with Crippen LogP contribution < -0.4 is 15.4 Å². The number of aromatic nitrogens is 1. The molecule has 0 spiro atoms. The molecule has 0 radical (unpaired) electrons. The number of amidine groups is 1. The van der Waals surface area contributed by atoms with Gasteiger partial charge in [-0.25, -0.2) is 9.30 Å². The number of anilines is 2. The maximum Gasteiger partial charge on any atom is 0.146 e. The zero-order chi connectivity index (χ0) is 27.9. The smallest absolute Gasteiger partial charge is 0.146 e. The first-order valence-electron chi connectivity index (χ1n) is 13.6. The Hall–Kier alpha value is -3.51. The molecule has 1 fully saturated rings. The van der Waals surface area contributed by atoms with Crippen molar-refractivity contribution >= 4 is 40.8 Å². The molecule has 0 aliphatic carbocycles. The van der Waals surface area contributed by atoms with E-state index >= 15 is 0 Å². The highest BCUT2D eigenvalue weighted by molar-refractivity contribution is 7.97. The van der Waals surface area contributed by atoms with Crippen LogP contribution in [-0.2, 0) is 12.8 Å². The third-order valence-electron chi connectivity index (χ3n) is 6.94. The Morgan fingerprint density at radius 3 is 2.92 bits per heavy atom. The van der Waals surface area contributed by atoms with Crippen molar-refractivity contribution in [3.8, 4) is 11.8 Å². The van der Waals surface area contributed by atoms with E-state index in [1.165, 1.54) is 0 Å². The maximum absolute atomic E-state index is 9.42. The fraction of sp³-hybridized carbons (Fsp3) is 0.323. The average Bonchev–Trinajstić information content (AvgIpc) is 3.42. The quantitative estimate of drug-likeness (QED) is 0.312. The molecular weight excluding hydrogens is 540 g/mol. The second kappa shape index (κ2) is 13.2. The molecule has 2 aliphatic rings. The summed E-state index contributed by atoms with van der Waals surface area (Å²) in [5.74, 6) is 1.92. The number of hydrogen-bond donors (Lipinski definition) is 2. The van der Waals surface area contributed by atoms with Gasteiger partial charge >= 0.3 is 0 Å². The first-order chi connectivity index (χ1) is 19.5. The predicted molar refractivity (Wildman–Crippen MR) is 164 cm³/mol. The minimum absolute atomic E-state index is 0.200. The largest absolute Gasteiger partial charge is 0.493 e. The fourth-order valence-corrected chi connectivity index (χ4v) is 6.08. The molecule has 2 unspecified atom stereocenters. The van der Waals surface area contributed by atoms with E-state index in [4.69, 9.17) is 21.3 Å². The van der Waals surface area contributed by atoms with Gasteiger partial charge in [0.25, 0.3) is 0 Å². The van der Waals surface area contributed by atoms with Crippen molar-refractivity contribution in [2.45, 2.75) is 44.2 Å². The summed E-state index contributed by atoms with van der Waals surface area (Å²) in [6, 6.07) is 18.4. The van der Waals surface area contributed by atoms with Gasteiger partial charge in [0.05, 0.1) is 29.1 Å². The molecule has 2 aliphatic heterocycles. The van der Waals surface area contributed by atoms with E-state index in [2.05, 4.69) is 38.1 Å². The van der Waals surface area contributed by atoms with E-state index in [-0.39, 0.29) is 6.17 Å². The Morgan fingerprint density at radius 1 is 1.20 bits per heavy atom. The molecule has 1 saturated heterocycles. The Kier molecular flexibility index (Phi) is 9.27. The number of ether oxygens (including phenoxy) is 1. The van der Waals surface area contributed by atoms with Gasteiger partial charge in [-0.3, -0.25) is 4.98 Å². The van der Waals surface area contributed by atoms with Crippen LogP contribution in [0.5, 0.6) is 5.75 Å². The van der Waals surface area contributed by atoms with Gasteiger partial charge in [0.15, 0.2) is 0 Å². The molecule has 9 heteroatoms. The number of aryl methyl sites for hydroxylation is 2. The highest BCUT2D eigenvalue weighted by Crippen LogP contribution is 2.32. The Labute approximate surface area is 245 Å². The lowest BCUT2D eigenvalue weighted by Crippen LogP contribution is -2.20. The van der Waals surface area contributed by atoms with Gasteiger partial charge in [-0.15, -0.1) is 0 Å². The zero-order valence-electron chi connectivity index (χ0n) is 22.7. The molecule has 206 valence electrons. The predicted octanol–water partition coefficient (Wildman–Crippen LogP) is 6.87. The number of rotatable bonds is 6. The summed E-state index contributed by atoms with van der Waals surface area (Å²) >= 11 is 8.19. The van der Waals surface area contributed by atoms with E-state index in [0.717, 1.165) is 71.1 Å². The third-order valence-corrected chi connectivity index (χ3v) is 8.48. The van der Waals surface area contributed by atoms with Gasteiger partial charge in [0.2, 0.25) is 0 Å². The molecule has 1 aromatic heterocycles. The van der Waals surface area contributed by atoms with E-state index in [0.29, 0.717) is 23.4 Å². The molecule has 0 amide bonds. The summed E-state index contributed by atoms with van der Waals surface area (Å²) in [4.78, 5) is 10.2. The lowest BCUT2D eigenvalue weighted by atomic mass is 10.0.